The Bertz CT molecular complexity index is 568. The lowest BCUT2D eigenvalue weighted by Crippen LogP contribution is -2.08. The summed E-state index contributed by atoms with van der Waals surface area (Å²) in [6, 6.07) is 15.3. The molecule has 2 N–H and O–H groups in total. The Balaban J connectivity index is 1.97. The molecule has 0 unspecified atom stereocenters. The maximum atomic E-state index is 5.99. The molecular weight excluding hydrogens is 218 g/mol. The molecule has 0 atom stereocenters. The smallest absolute Gasteiger partial charge is 0.0349 e. The molecule has 0 heterocycles. The van der Waals surface area contributed by atoms with Crippen molar-refractivity contribution in [3.8, 4) is 11.1 Å². The quantitative estimate of drug-likeness (QED) is 0.764. The fourth-order valence-corrected chi connectivity index (χ4v) is 2.53. The Morgan fingerprint density at radius 1 is 1.00 bits per heavy atom. The lowest BCUT2D eigenvalue weighted by Gasteiger charge is -2.26. The van der Waals surface area contributed by atoms with Gasteiger partial charge in [0.1, 0.15) is 0 Å². The monoisotopic (exact) mass is 237 g/mol. The highest BCUT2D eigenvalue weighted by molar-refractivity contribution is 5.69. The minimum Gasteiger partial charge on any atom is -0.398 e. The zero-order valence-corrected chi connectivity index (χ0v) is 10.8. The molecule has 1 saturated carbocycles. The van der Waals surface area contributed by atoms with E-state index < -0.39 is 0 Å². The fraction of sp³-hybridized carbons (Fsp3) is 0.294. The summed E-state index contributed by atoms with van der Waals surface area (Å²) in [5.41, 5.74) is 12.0. The summed E-state index contributed by atoms with van der Waals surface area (Å²) in [5, 5.41) is 0. The van der Waals surface area contributed by atoms with Crippen molar-refractivity contribution in [2.45, 2.75) is 32.1 Å². The van der Waals surface area contributed by atoms with Gasteiger partial charge >= 0.3 is 0 Å². The van der Waals surface area contributed by atoms with E-state index in [0.717, 1.165) is 17.2 Å². The molecule has 0 amide bonds. The molecule has 92 valence electrons. The van der Waals surface area contributed by atoms with Gasteiger partial charge in [0, 0.05) is 5.69 Å². The summed E-state index contributed by atoms with van der Waals surface area (Å²) in [7, 11) is 0. The van der Waals surface area contributed by atoms with Crippen molar-refractivity contribution in [1.29, 1.82) is 0 Å². The van der Waals surface area contributed by atoms with Crippen LogP contribution in [0.5, 0.6) is 0 Å². The lowest BCUT2D eigenvalue weighted by molar-refractivity contribution is 0.420. The van der Waals surface area contributed by atoms with Crippen LogP contribution in [0.2, 0.25) is 0 Å². The van der Waals surface area contributed by atoms with Crippen LogP contribution in [0.1, 0.15) is 36.3 Å². The number of benzene rings is 2. The fourth-order valence-electron chi connectivity index (χ4n) is 2.53. The van der Waals surface area contributed by atoms with E-state index in [-0.39, 0.29) is 0 Å². The highest BCUT2D eigenvalue weighted by atomic mass is 14.6. The van der Waals surface area contributed by atoms with E-state index in [4.69, 9.17) is 5.73 Å². The van der Waals surface area contributed by atoms with E-state index in [2.05, 4.69) is 42.5 Å². The Kier molecular flexibility index (Phi) is 2.83. The summed E-state index contributed by atoms with van der Waals surface area (Å²) in [6.45, 7) is 2.05. The summed E-state index contributed by atoms with van der Waals surface area (Å²) >= 11 is 0. The van der Waals surface area contributed by atoms with Crippen LogP contribution < -0.4 is 5.73 Å². The number of nitrogens with two attached hydrogens (primary N) is 1. The molecule has 2 aromatic carbocycles. The number of hydrogen-bond acceptors (Lipinski definition) is 1. The molecule has 1 fully saturated rings. The second kappa shape index (κ2) is 4.49. The Hall–Kier alpha value is -1.76. The van der Waals surface area contributed by atoms with Gasteiger partial charge in [-0.25, -0.2) is 0 Å². The zero-order chi connectivity index (χ0) is 12.5. The van der Waals surface area contributed by atoms with Crippen molar-refractivity contribution in [2.24, 2.45) is 0 Å². The second-order valence-corrected chi connectivity index (χ2v) is 5.32. The van der Waals surface area contributed by atoms with Crippen molar-refractivity contribution in [3.05, 3.63) is 53.6 Å². The molecule has 0 radical (unpaired) electrons. The van der Waals surface area contributed by atoms with Crippen molar-refractivity contribution < 1.29 is 0 Å². The minimum atomic E-state index is 0.785. The first kappa shape index (κ1) is 11.3. The molecule has 1 nitrogen and oxygen atoms in total. The van der Waals surface area contributed by atoms with Gasteiger partial charge in [0.25, 0.3) is 0 Å². The van der Waals surface area contributed by atoms with Gasteiger partial charge in [-0.05, 0) is 54.0 Å². The van der Waals surface area contributed by atoms with Gasteiger partial charge < -0.3 is 5.73 Å². The third kappa shape index (κ3) is 2.01. The molecule has 0 bridgehead atoms. The van der Waals surface area contributed by atoms with Crippen molar-refractivity contribution in [1.82, 2.24) is 0 Å². The third-order valence-corrected chi connectivity index (χ3v) is 4.08. The van der Waals surface area contributed by atoms with E-state index >= 15 is 0 Å². The number of hydrogen-bond donors (Lipinski definition) is 1. The summed E-state index contributed by atoms with van der Waals surface area (Å²) in [6.07, 6.45) is 4.07. The van der Waals surface area contributed by atoms with Crippen LogP contribution in [-0.4, -0.2) is 0 Å². The molecule has 1 heteroatoms. The second-order valence-electron chi connectivity index (χ2n) is 5.32. The number of anilines is 1. The van der Waals surface area contributed by atoms with Crippen LogP contribution in [0.25, 0.3) is 11.1 Å². The molecular formula is C17H19N. The van der Waals surface area contributed by atoms with Crippen LogP contribution in [0.15, 0.2) is 42.5 Å². The van der Waals surface area contributed by atoms with E-state index in [1.54, 1.807) is 0 Å². The maximum Gasteiger partial charge on any atom is 0.0349 e. The Morgan fingerprint density at radius 3 is 2.44 bits per heavy atom. The average Bonchev–Trinajstić information content (AvgIpc) is 2.31. The number of aryl methyl sites for hydroxylation is 1. The number of nitrogen functional groups attached to an aromatic ring is 1. The highest BCUT2D eigenvalue weighted by Crippen LogP contribution is 2.37. The average molecular weight is 237 g/mol. The zero-order valence-electron chi connectivity index (χ0n) is 10.8. The first-order valence-electron chi connectivity index (χ1n) is 6.70. The van der Waals surface area contributed by atoms with Gasteiger partial charge in [-0.1, -0.05) is 42.8 Å². The molecule has 0 aliphatic heterocycles. The molecule has 1 aliphatic rings. The summed E-state index contributed by atoms with van der Waals surface area (Å²) < 4.78 is 0. The Morgan fingerprint density at radius 2 is 1.78 bits per heavy atom. The van der Waals surface area contributed by atoms with Crippen LogP contribution in [0.3, 0.4) is 0 Å². The van der Waals surface area contributed by atoms with E-state index in [0.29, 0.717) is 0 Å². The topological polar surface area (TPSA) is 26.0 Å². The summed E-state index contributed by atoms with van der Waals surface area (Å²) in [5.74, 6) is 0.785. The predicted octanol–water partition coefficient (Wildman–Crippen LogP) is 4.51. The van der Waals surface area contributed by atoms with Gasteiger partial charge in [0.2, 0.25) is 0 Å². The van der Waals surface area contributed by atoms with Gasteiger partial charge in [0.15, 0.2) is 0 Å². The first-order chi connectivity index (χ1) is 8.74. The van der Waals surface area contributed by atoms with Gasteiger partial charge in [-0.15, -0.1) is 0 Å². The SMILES string of the molecule is Cc1ccc(-c2cccc(C3CCC3)c2)cc1N. The van der Waals surface area contributed by atoms with Crippen molar-refractivity contribution in [3.63, 3.8) is 0 Å². The van der Waals surface area contributed by atoms with Crippen LogP contribution in [0.4, 0.5) is 5.69 Å². The highest BCUT2D eigenvalue weighted by Gasteiger charge is 2.19. The molecule has 3 rings (SSSR count). The minimum absolute atomic E-state index is 0.785. The standard InChI is InChI=1S/C17H19N/c1-12-8-9-16(11-17(12)18)15-7-3-6-14(10-15)13-4-2-5-13/h3,6-11,13H,2,4-5,18H2,1H3. The van der Waals surface area contributed by atoms with Crippen molar-refractivity contribution >= 4 is 5.69 Å². The molecule has 0 saturated heterocycles. The molecule has 0 spiro atoms. The first-order valence-corrected chi connectivity index (χ1v) is 6.70. The van der Waals surface area contributed by atoms with E-state index in [1.807, 2.05) is 6.92 Å². The van der Waals surface area contributed by atoms with Gasteiger partial charge in [0.05, 0.1) is 0 Å². The molecule has 2 aromatic rings. The molecule has 0 aromatic heterocycles. The van der Waals surface area contributed by atoms with Gasteiger partial charge in [-0.2, -0.15) is 0 Å². The Labute approximate surface area is 109 Å². The van der Waals surface area contributed by atoms with E-state index in [1.165, 1.54) is 36.0 Å². The predicted molar refractivity (Wildman–Crippen MR) is 77.6 cm³/mol. The van der Waals surface area contributed by atoms with Crippen LogP contribution in [-0.2, 0) is 0 Å². The normalized spacial score (nSPS) is 15.4. The van der Waals surface area contributed by atoms with Crippen molar-refractivity contribution in [2.75, 3.05) is 5.73 Å². The van der Waals surface area contributed by atoms with Crippen LogP contribution in [0, 0.1) is 6.92 Å². The lowest BCUT2D eigenvalue weighted by atomic mass is 9.79. The largest absolute Gasteiger partial charge is 0.398 e. The summed E-state index contributed by atoms with van der Waals surface area (Å²) in [4.78, 5) is 0. The van der Waals surface area contributed by atoms with E-state index in [9.17, 15) is 0 Å². The van der Waals surface area contributed by atoms with Crippen LogP contribution >= 0.6 is 0 Å². The van der Waals surface area contributed by atoms with Gasteiger partial charge in [-0.3, -0.25) is 0 Å². The molecule has 18 heavy (non-hydrogen) atoms. The maximum absolute atomic E-state index is 5.99. The molecule has 1 aliphatic carbocycles. The third-order valence-electron chi connectivity index (χ3n) is 4.08. The number of rotatable bonds is 2.